The minimum atomic E-state index is -0.846. The highest BCUT2D eigenvalue weighted by atomic mass is 16.8. The van der Waals surface area contributed by atoms with E-state index in [1.165, 1.54) is 0 Å². The largest absolute Gasteiger partial charge is 0.478 e. The fourth-order valence-corrected chi connectivity index (χ4v) is 4.93. The van der Waals surface area contributed by atoms with Gasteiger partial charge in [-0.3, -0.25) is 14.4 Å². The van der Waals surface area contributed by atoms with Crippen LogP contribution in [0.1, 0.15) is 82.6 Å². The first kappa shape index (κ1) is 29.6. The number of aliphatic hydroxyl groups is 1. The van der Waals surface area contributed by atoms with Gasteiger partial charge in [0.2, 0.25) is 0 Å². The molecule has 0 saturated carbocycles. The van der Waals surface area contributed by atoms with E-state index in [1.807, 2.05) is 71.0 Å². The van der Waals surface area contributed by atoms with Crippen LogP contribution in [0.4, 0.5) is 0 Å². The molecule has 2 N–H and O–H groups in total. The van der Waals surface area contributed by atoms with Crippen molar-refractivity contribution in [3.8, 4) is 11.1 Å². The Kier molecular flexibility index (Phi) is 8.42. The lowest BCUT2D eigenvalue weighted by Crippen LogP contribution is -2.48. The number of unbranched alkanes of at least 4 members (excludes halogenated alkanes) is 1. The van der Waals surface area contributed by atoms with Gasteiger partial charge in [0.1, 0.15) is 11.3 Å². The molecule has 0 aromatic heterocycles. The molecular formula is C31H37N3O7. The van der Waals surface area contributed by atoms with Gasteiger partial charge in [0.25, 0.3) is 17.7 Å². The molecule has 2 fully saturated rings. The van der Waals surface area contributed by atoms with Gasteiger partial charge in [-0.05, 0) is 63.3 Å². The molecule has 41 heavy (non-hydrogen) atoms. The number of nitrogens with one attached hydrogen (secondary N) is 1. The summed E-state index contributed by atoms with van der Waals surface area (Å²) in [7, 11) is 0. The minimum absolute atomic E-state index is 0.0189. The standard InChI is InChI=1S/C31H37N3O7/c1-6-7-18-31(5)32-27(37)26(29(39)41-34-24(35)16-17-25(34)36)33(31)19-20-12-14-21(15-13-20)22-10-8-9-11-23(22)28(38)40-30(2,3)4/h8-15,39H,6-7,16-19H2,1-5H3,(H,32,37). The predicted octanol–water partition coefficient (Wildman–Crippen LogP) is 4.95. The van der Waals surface area contributed by atoms with E-state index in [-0.39, 0.29) is 25.1 Å². The van der Waals surface area contributed by atoms with Gasteiger partial charge in [0, 0.05) is 19.4 Å². The van der Waals surface area contributed by atoms with Gasteiger partial charge in [-0.15, -0.1) is 5.06 Å². The Morgan fingerprint density at radius 2 is 1.66 bits per heavy atom. The fraction of sp³-hybridized carbons (Fsp3) is 0.419. The molecule has 3 amide bonds. The molecule has 0 bridgehead atoms. The van der Waals surface area contributed by atoms with E-state index in [2.05, 4.69) is 5.32 Å². The summed E-state index contributed by atoms with van der Waals surface area (Å²) in [5.74, 6) is -2.95. The van der Waals surface area contributed by atoms with Crippen molar-refractivity contribution in [3.63, 3.8) is 0 Å². The molecule has 0 spiro atoms. The second-order valence-electron chi connectivity index (χ2n) is 11.5. The van der Waals surface area contributed by atoms with Gasteiger partial charge in [0.05, 0.1) is 5.56 Å². The Labute approximate surface area is 239 Å². The van der Waals surface area contributed by atoms with E-state index in [1.54, 1.807) is 17.0 Å². The number of carbonyl (C=O) groups is 4. The van der Waals surface area contributed by atoms with Gasteiger partial charge in [-0.2, -0.15) is 0 Å². The number of hydrogen-bond acceptors (Lipinski definition) is 8. The summed E-state index contributed by atoms with van der Waals surface area (Å²) in [5.41, 5.74) is 1.18. The highest BCUT2D eigenvalue weighted by molar-refractivity contribution is 6.01. The first-order chi connectivity index (χ1) is 19.3. The van der Waals surface area contributed by atoms with Crippen molar-refractivity contribution in [2.24, 2.45) is 0 Å². The summed E-state index contributed by atoms with van der Waals surface area (Å²) in [4.78, 5) is 57.0. The van der Waals surface area contributed by atoms with E-state index in [4.69, 9.17) is 9.57 Å². The number of carbonyl (C=O) groups excluding carboxylic acids is 4. The van der Waals surface area contributed by atoms with Crippen molar-refractivity contribution in [3.05, 3.63) is 71.3 Å². The third-order valence-corrected chi connectivity index (χ3v) is 7.02. The average Bonchev–Trinajstić information content (AvgIpc) is 3.36. The molecule has 2 heterocycles. The smallest absolute Gasteiger partial charge is 0.339 e. The number of imide groups is 1. The molecule has 218 valence electrons. The number of aliphatic hydroxyl groups excluding tert-OH is 1. The molecule has 1 atom stereocenters. The summed E-state index contributed by atoms with van der Waals surface area (Å²) < 4.78 is 5.59. The molecule has 2 aliphatic heterocycles. The van der Waals surface area contributed by atoms with Crippen molar-refractivity contribution >= 4 is 23.7 Å². The molecule has 2 aliphatic rings. The van der Waals surface area contributed by atoms with Gasteiger partial charge >= 0.3 is 11.9 Å². The third kappa shape index (κ3) is 6.53. The number of amides is 3. The highest BCUT2D eigenvalue weighted by Gasteiger charge is 2.47. The number of esters is 1. The topological polar surface area (TPSA) is 125 Å². The van der Waals surface area contributed by atoms with Crippen LogP contribution in [-0.2, 0) is 30.5 Å². The monoisotopic (exact) mass is 563 g/mol. The highest BCUT2D eigenvalue weighted by Crippen LogP contribution is 2.35. The predicted molar refractivity (Wildman–Crippen MR) is 150 cm³/mol. The summed E-state index contributed by atoms with van der Waals surface area (Å²) >= 11 is 0. The summed E-state index contributed by atoms with van der Waals surface area (Å²) in [6, 6.07) is 14.8. The van der Waals surface area contributed by atoms with E-state index in [9.17, 15) is 24.3 Å². The van der Waals surface area contributed by atoms with Crippen LogP contribution in [0.15, 0.2) is 60.2 Å². The van der Waals surface area contributed by atoms with Crippen LogP contribution in [0.3, 0.4) is 0 Å². The number of nitrogens with zero attached hydrogens (tertiary/aromatic N) is 2. The molecule has 2 saturated heterocycles. The van der Waals surface area contributed by atoms with Crippen molar-refractivity contribution in [2.45, 2.75) is 84.5 Å². The molecule has 1 unspecified atom stereocenters. The Hall–Kier alpha value is -4.34. The van der Waals surface area contributed by atoms with Crippen molar-refractivity contribution in [1.82, 2.24) is 15.3 Å². The first-order valence-electron chi connectivity index (χ1n) is 13.8. The van der Waals surface area contributed by atoms with Crippen molar-refractivity contribution in [2.75, 3.05) is 0 Å². The van der Waals surface area contributed by atoms with Crippen LogP contribution < -0.4 is 5.32 Å². The maximum Gasteiger partial charge on any atom is 0.339 e. The Bertz CT molecular complexity index is 1360. The van der Waals surface area contributed by atoms with Gasteiger partial charge in [-0.1, -0.05) is 55.8 Å². The molecule has 0 radical (unpaired) electrons. The second-order valence-corrected chi connectivity index (χ2v) is 11.5. The molecule has 0 aliphatic carbocycles. The number of hydrogen-bond donors (Lipinski definition) is 2. The van der Waals surface area contributed by atoms with Crippen LogP contribution >= 0.6 is 0 Å². The first-order valence-corrected chi connectivity index (χ1v) is 13.8. The van der Waals surface area contributed by atoms with Crippen LogP contribution in [0, 0.1) is 0 Å². The van der Waals surface area contributed by atoms with Crippen LogP contribution in [0.2, 0.25) is 0 Å². The molecule has 10 heteroatoms. The number of hydroxylamine groups is 2. The Morgan fingerprint density at radius 3 is 2.27 bits per heavy atom. The van der Waals surface area contributed by atoms with Crippen LogP contribution in [0.25, 0.3) is 11.1 Å². The van der Waals surface area contributed by atoms with Gasteiger partial charge in [-0.25, -0.2) is 4.79 Å². The van der Waals surface area contributed by atoms with Crippen molar-refractivity contribution in [1.29, 1.82) is 0 Å². The fourth-order valence-electron chi connectivity index (χ4n) is 4.93. The summed E-state index contributed by atoms with van der Waals surface area (Å²) in [5, 5.41) is 14.3. The molecular weight excluding hydrogens is 526 g/mol. The quantitative estimate of drug-likeness (QED) is 0.190. The molecule has 2 aromatic rings. The average molecular weight is 564 g/mol. The normalized spacial score (nSPS) is 20.4. The molecule has 10 nitrogen and oxygen atoms in total. The van der Waals surface area contributed by atoms with Crippen LogP contribution in [0.5, 0.6) is 0 Å². The number of rotatable bonds is 9. The summed E-state index contributed by atoms with van der Waals surface area (Å²) in [6.45, 7) is 9.58. The van der Waals surface area contributed by atoms with E-state index < -0.39 is 40.9 Å². The van der Waals surface area contributed by atoms with E-state index >= 15 is 0 Å². The zero-order chi connectivity index (χ0) is 29.9. The summed E-state index contributed by atoms with van der Waals surface area (Å²) in [6.07, 6.45) is 2.26. The van der Waals surface area contributed by atoms with Crippen molar-refractivity contribution < 1.29 is 33.9 Å². The lowest BCUT2D eigenvalue weighted by atomic mass is 9.98. The van der Waals surface area contributed by atoms with Crippen LogP contribution in [-0.4, -0.2) is 50.0 Å². The van der Waals surface area contributed by atoms with Gasteiger partial charge < -0.3 is 24.9 Å². The zero-order valence-corrected chi connectivity index (χ0v) is 24.2. The number of benzene rings is 2. The molecule has 4 rings (SSSR count). The maximum absolute atomic E-state index is 13.1. The van der Waals surface area contributed by atoms with E-state index in [0.717, 1.165) is 29.5 Å². The SMILES string of the molecule is CCCCC1(C)NC(=O)C(=C(O)ON2C(=O)CCC2=O)N1Cc1ccc(-c2ccccc2C(=O)OC(C)(C)C)cc1. The lowest BCUT2D eigenvalue weighted by molar-refractivity contribution is -0.187. The number of ether oxygens (including phenoxy) is 1. The zero-order valence-electron chi connectivity index (χ0n) is 24.2. The Balaban J connectivity index is 1.64. The third-order valence-electron chi connectivity index (χ3n) is 7.02. The molecule has 2 aromatic carbocycles. The van der Waals surface area contributed by atoms with Gasteiger partial charge in [0.15, 0.2) is 5.70 Å². The van der Waals surface area contributed by atoms with E-state index in [0.29, 0.717) is 17.0 Å². The Morgan fingerprint density at radius 1 is 1.02 bits per heavy atom. The minimum Gasteiger partial charge on any atom is -0.478 e. The lowest BCUT2D eigenvalue weighted by Gasteiger charge is -2.36. The maximum atomic E-state index is 13.1. The second kappa shape index (κ2) is 11.6.